The zero-order chi connectivity index (χ0) is 13.9. The Labute approximate surface area is 120 Å². The van der Waals surface area contributed by atoms with Crippen LogP contribution in [0.4, 0.5) is 0 Å². The molecule has 2 atom stereocenters. The smallest absolute Gasteiger partial charge is 0.223 e. The van der Waals surface area contributed by atoms with Gasteiger partial charge in [-0.15, -0.1) is 11.3 Å². The van der Waals surface area contributed by atoms with Gasteiger partial charge in [-0.2, -0.15) is 0 Å². The van der Waals surface area contributed by atoms with Gasteiger partial charge in [-0.25, -0.2) is 0 Å². The lowest BCUT2D eigenvalue weighted by Gasteiger charge is -2.41. The number of hydrogen-bond acceptors (Lipinski definition) is 2. The molecular weight excluding hydrogens is 254 g/mol. The van der Waals surface area contributed by atoms with Crippen LogP contribution in [0.2, 0.25) is 0 Å². The Morgan fingerprint density at radius 1 is 1.53 bits per heavy atom. The van der Waals surface area contributed by atoms with Crippen molar-refractivity contribution in [3.05, 3.63) is 22.4 Å². The summed E-state index contributed by atoms with van der Waals surface area (Å²) in [5.74, 6) is 0.934. The summed E-state index contributed by atoms with van der Waals surface area (Å²) in [6.45, 7) is 7.47. The number of carbonyl (C=O) groups is 1. The molecule has 1 fully saturated rings. The summed E-state index contributed by atoms with van der Waals surface area (Å²) in [6.07, 6.45) is 4.56. The number of nitrogens with one attached hydrogen (secondary N) is 1. The molecule has 1 amide bonds. The van der Waals surface area contributed by atoms with E-state index in [1.165, 1.54) is 24.1 Å². The topological polar surface area (TPSA) is 29.1 Å². The van der Waals surface area contributed by atoms with Gasteiger partial charge in [0.05, 0.1) is 0 Å². The number of carbonyl (C=O) groups excluding carboxylic acids is 1. The van der Waals surface area contributed by atoms with Crippen molar-refractivity contribution in [2.45, 2.75) is 46.5 Å². The average molecular weight is 279 g/mol. The highest BCUT2D eigenvalue weighted by atomic mass is 32.1. The molecule has 1 saturated carbocycles. The minimum absolute atomic E-state index is 0.144. The maximum absolute atomic E-state index is 12.4. The summed E-state index contributed by atoms with van der Waals surface area (Å²) in [7, 11) is 0. The van der Waals surface area contributed by atoms with Gasteiger partial charge in [-0.1, -0.05) is 33.3 Å². The molecule has 1 N–H and O–H groups in total. The average Bonchev–Trinajstić information content (AvgIpc) is 2.80. The van der Waals surface area contributed by atoms with Crippen LogP contribution in [0.15, 0.2) is 17.5 Å². The van der Waals surface area contributed by atoms with Crippen molar-refractivity contribution in [3.63, 3.8) is 0 Å². The molecule has 19 heavy (non-hydrogen) atoms. The van der Waals surface area contributed by atoms with E-state index in [-0.39, 0.29) is 17.2 Å². The molecule has 1 aromatic rings. The number of amides is 1. The summed E-state index contributed by atoms with van der Waals surface area (Å²) in [5.41, 5.74) is 0.144. The van der Waals surface area contributed by atoms with Crippen LogP contribution in [0.5, 0.6) is 0 Å². The number of hydrogen-bond donors (Lipinski definition) is 1. The van der Waals surface area contributed by atoms with Gasteiger partial charge < -0.3 is 5.32 Å². The number of rotatable bonds is 4. The molecule has 1 aliphatic rings. The van der Waals surface area contributed by atoms with Crippen LogP contribution in [0.3, 0.4) is 0 Å². The Morgan fingerprint density at radius 2 is 2.32 bits per heavy atom. The quantitative estimate of drug-likeness (QED) is 0.890. The first kappa shape index (κ1) is 14.6. The van der Waals surface area contributed by atoms with Crippen LogP contribution >= 0.6 is 11.3 Å². The first-order chi connectivity index (χ1) is 9.00. The summed E-state index contributed by atoms with van der Waals surface area (Å²) in [4.78, 5) is 13.8. The molecule has 0 aromatic carbocycles. The predicted octanol–water partition coefficient (Wildman–Crippen LogP) is 3.87. The molecule has 1 aromatic heterocycles. The third kappa shape index (κ3) is 3.59. The highest BCUT2D eigenvalue weighted by Crippen LogP contribution is 2.43. The lowest BCUT2D eigenvalue weighted by atomic mass is 9.64. The standard InChI is InChI=1S/C16H25NOS/c1-12-6-4-9-16(2,3)14(12)15(18)17-10-8-13-7-5-11-19-13/h5,7,11-12,14H,4,6,8-10H2,1-3H3,(H,17,18)/t12?,14-/m1/s1. The molecule has 3 heteroatoms. The largest absolute Gasteiger partial charge is 0.355 e. The molecule has 2 nitrogen and oxygen atoms in total. The molecule has 0 spiro atoms. The minimum atomic E-state index is 0.144. The Balaban J connectivity index is 1.87. The van der Waals surface area contributed by atoms with Gasteiger partial charge in [-0.05, 0) is 42.0 Å². The van der Waals surface area contributed by atoms with Crippen molar-refractivity contribution < 1.29 is 4.79 Å². The Bertz CT molecular complexity index is 410. The maximum atomic E-state index is 12.4. The summed E-state index contributed by atoms with van der Waals surface area (Å²) in [6, 6.07) is 4.19. The van der Waals surface area contributed by atoms with E-state index in [2.05, 4.69) is 43.6 Å². The van der Waals surface area contributed by atoms with Gasteiger partial charge in [0.15, 0.2) is 0 Å². The maximum Gasteiger partial charge on any atom is 0.223 e. The van der Waals surface area contributed by atoms with Crippen LogP contribution in [-0.2, 0) is 11.2 Å². The molecular formula is C16H25NOS. The van der Waals surface area contributed by atoms with Gasteiger partial charge in [0.2, 0.25) is 5.91 Å². The van der Waals surface area contributed by atoms with E-state index in [1.54, 1.807) is 11.3 Å². The third-order valence-electron chi connectivity index (χ3n) is 4.42. The van der Waals surface area contributed by atoms with Crippen molar-refractivity contribution in [1.29, 1.82) is 0 Å². The molecule has 0 bridgehead atoms. The van der Waals surface area contributed by atoms with Gasteiger partial charge in [0.25, 0.3) is 0 Å². The third-order valence-corrected chi connectivity index (χ3v) is 5.36. The van der Waals surface area contributed by atoms with E-state index in [1.807, 2.05) is 0 Å². The predicted molar refractivity (Wildman–Crippen MR) is 81.3 cm³/mol. The van der Waals surface area contributed by atoms with Crippen LogP contribution in [0.1, 0.15) is 44.9 Å². The lowest BCUT2D eigenvalue weighted by Crippen LogP contribution is -2.45. The van der Waals surface area contributed by atoms with Crippen molar-refractivity contribution in [2.75, 3.05) is 6.54 Å². The highest BCUT2D eigenvalue weighted by molar-refractivity contribution is 7.09. The van der Waals surface area contributed by atoms with Gasteiger partial charge in [0.1, 0.15) is 0 Å². The SMILES string of the molecule is CC1CCCC(C)(C)[C@H]1C(=O)NCCc1cccs1. The van der Waals surface area contributed by atoms with E-state index in [0.29, 0.717) is 5.92 Å². The van der Waals surface area contributed by atoms with Crippen molar-refractivity contribution in [1.82, 2.24) is 5.32 Å². The second kappa shape index (κ2) is 6.08. The monoisotopic (exact) mass is 279 g/mol. The fourth-order valence-corrected chi connectivity index (χ4v) is 4.17. The van der Waals surface area contributed by atoms with E-state index in [9.17, 15) is 4.79 Å². The second-order valence-electron chi connectivity index (χ2n) is 6.46. The van der Waals surface area contributed by atoms with Crippen LogP contribution < -0.4 is 5.32 Å². The Morgan fingerprint density at radius 3 is 2.95 bits per heavy atom. The Hall–Kier alpha value is -0.830. The van der Waals surface area contributed by atoms with Crippen LogP contribution in [0.25, 0.3) is 0 Å². The van der Waals surface area contributed by atoms with Gasteiger partial charge in [-0.3, -0.25) is 4.79 Å². The highest BCUT2D eigenvalue weighted by Gasteiger charge is 2.41. The molecule has 1 aliphatic carbocycles. The van der Waals surface area contributed by atoms with Crippen LogP contribution in [-0.4, -0.2) is 12.5 Å². The summed E-state index contributed by atoms with van der Waals surface area (Å²) >= 11 is 1.76. The fourth-order valence-electron chi connectivity index (χ4n) is 3.46. The molecule has 1 unspecified atom stereocenters. The fraction of sp³-hybridized carbons (Fsp3) is 0.688. The zero-order valence-electron chi connectivity index (χ0n) is 12.2. The summed E-state index contributed by atoms with van der Waals surface area (Å²) < 4.78 is 0. The zero-order valence-corrected chi connectivity index (χ0v) is 13.1. The van der Waals surface area contributed by atoms with Crippen LogP contribution in [0, 0.1) is 17.3 Å². The molecule has 1 heterocycles. The molecule has 0 aliphatic heterocycles. The number of thiophene rings is 1. The van der Waals surface area contributed by atoms with E-state index >= 15 is 0 Å². The summed E-state index contributed by atoms with van der Waals surface area (Å²) in [5, 5.41) is 5.23. The molecule has 106 valence electrons. The molecule has 0 radical (unpaired) electrons. The molecule has 2 rings (SSSR count). The second-order valence-corrected chi connectivity index (χ2v) is 7.49. The normalized spacial score (nSPS) is 26.1. The molecule has 0 saturated heterocycles. The van der Waals surface area contributed by atoms with E-state index in [0.717, 1.165) is 13.0 Å². The van der Waals surface area contributed by atoms with Crippen molar-refractivity contribution >= 4 is 17.2 Å². The van der Waals surface area contributed by atoms with E-state index in [4.69, 9.17) is 0 Å². The lowest BCUT2D eigenvalue weighted by molar-refractivity contribution is -0.132. The first-order valence-electron chi connectivity index (χ1n) is 7.31. The van der Waals surface area contributed by atoms with Crippen molar-refractivity contribution in [2.24, 2.45) is 17.3 Å². The minimum Gasteiger partial charge on any atom is -0.355 e. The van der Waals surface area contributed by atoms with Gasteiger partial charge in [0, 0.05) is 17.3 Å². The van der Waals surface area contributed by atoms with Gasteiger partial charge >= 0.3 is 0 Å². The Kier molecular flexibility index (Phi) is 4.67. The van der Waals surface area contributed by atoms with E-state index < -0.39 is 0 Å². The first-order valence-corrected chi connectivity index (χ1v) is 8.19. The van der Waals surface area contributed by atoms with Crippen molar-refractivity contribution in [3.8, 4) is 0 Å².